The summed E-state index contributed by atoms with van der Waals surface area (Å²) in [7, 11) is 0. The van der Waals surface area contributed by atoms with E-state index >= 15 is 0 Å². The Hall–Kier alpha value is -1.20. The average molecular weight is 311 g/mol. The monoisotopic (exact) mass is 310 g/mol. The molecule has 3 nitrogen and oxygen atoms in total. The van der Waals surface area contributed by atoms with Crippen molar-refractivity contribution in [1.82, 2.24) is 10.3 Å². The number of benzene rings is 1. The third kappa shape index (κ3) is 3.14. The lowest BCUT2D eigenvalue weighted by atomic mass is 10.1. The van der Waals surface area contributed by atoms with E-state index < -0.39 is 0 Å². The van der Waals surface area contributed by atoms with Crippen LogP contribution >= 0.6 is 27.3 Å². The number of hydrogen-bond acceptors (Lipinski definition) is 3. The molecule has 0 radical (unpaired) electrons. The Kier molecular flexibility index (Phi) is 3.91. The lowest BCUT2D eigenvalue weighted by Gasteiger charge is -2.05. The van der Waals surface area contributed by atoms with Crippen LogP contribution in [0.5, 0.6) is 0 Å². The molecule has 17 heavy (non-hydrogen) atoms. The zero-order valence-electron chi connectivity index (χ0n) is 9.24. The maximum Gasteiger partial charge on any atom is 0.251 e. The van der Waals surface area contributed by atoms with Crippen LogP contribution in [0.2, 0.25) is 0 Å². The van der Waals surface area contributed by atoms with Crippen molar-refractivity contribution in [2.75, 3.05) is 0 Å². The van der Waals surface area contributed by atoms with Gasteiger partial charge in [-0.1, -0.05) is 22.0 Å². The predicted molar refractivity (Wildman–Crippen MR) is 72.2 cm³/mol. The van der Waals surface area contributed by atoms with Gasteiger partial charge in [0.25, 0.3) is 5.91 Å². The van der Waals surface area contributed by atoms with E-state index in [0.717, 1.165) is 15.0 Å². The first-order valence-electron chi connectivity index (χ1n) is 5.09. The van der Waals surface area contributed by atoms with Gasteiger partial charge in [0.1, 0.15) is 5.01 Å². The first kappa shape index (κ1) is 12.3. The summed E-state index contributed by atoms with van der Waals surface area (Å²) in [6, 6.07) is 5.56. The second kappa shape index (κ2) is 5.42. The predicted octanol–water partition coefficient (Wildman–Crippen LogP) is 3.14. The van der Waals surface area contributed by atoms with Crippen LogP contribution in [-0.2, 0) is 6.54 Å². The highest BCUT2D eigenvalue weighted by Gasteiger charge is 2.07. The molecule has 0 saturated carbocycles. The Bertz CT molecular complexity index is 525. The smallest absolute Gasteiger partial charge is 0.251 e. The van der Waals surface area contributed by atoms with E-state index in [1.807, 2.05) is 30.5 Å². The van der Waals surface area contributed by atoms with Gasteiger partial charge < -0.3 is 5.32 Å². The first-order valence-corrected chi connectivity index (χ1v) is 6.77. The molecule has 0 spiro atoms. The van der Waals surface area contributed by atoms with E-state index in [4.69, 9.17) is 0 Å². The molecule has 5 heteroatoms. The Balaban J connectivity index is 2.02. The van der Waals surface area contributed by atoms with E-state index in [-0.39, 0.29) is 5.91 Å². The maximum absolute atomic E-state index is 11.8. The van der Waals surface area contributed by atoms with Gasteiger partial charge in [0.15, 0.2) is 0 Å². The standard InChI is InChI=1S/C12H11BrN2OS/c1-8-2-3-9(6-10(8)13)12(16)15-7-11-14-4-5-17-11/h2-6H,7H2,1H3,(H,15,16). The number of hydrogen-bond donors (Lipinski definition) is 1. The number of carbonyl (C=O) groups is 1. The van der Waals surface area contributed by atoms with Gasteiger partial charge in [-0.3, -0.25) is 4.79 Å². The topological polar surface area (TPSA) is 42.0 Å². The van der Waals surface area contributed by atoms with Crippen molar-refractivity contribution < 1.29 is 4.79 Å². The normalized spacial score (nSPS) is 10.2. The fraction of sp³-hybridized carbons (Fsp3) is 0.167. The highest BCUT2D eigenvalue weighted by Crippen LogP contribution is 2.17. The number of carbonyl (C=O) groups excluding carboxylic acids is 1. The third-order valence-electron chi connectivity index (χ3n) is 2.32. The molecule has 1 aromatic heterocycles. The first-order chi connectivity index (χ1) is 8.16. The van der Waals surface area contributed by atoms with Crippen LogP contribution in [-0.4, -0.2) is 10.9 Å². The molecule has 0 saturated heterocycles. The van der Waals surface area contributed by atoms with E-state index in [1.165, 1.54) is 11.3 Å². The van der Waals surface area contributed by atoms with Crippen molar-refractivity contribution in [2.45, 2.75) is 13.5 Å². The second-order valence-electron chi connectivity index (χ2n) is 3.57. The van der Waals surface area contributed by atoms with Crippen molar-refractivity contribution in [2.24, 2.45) is 0 Å². The minimum atomic E-state index is -0.0825. The number of aromatic nitrogens is 1. The van der Waals surface area contributed by atoms with Crippen LogP contribution in [0.15, 0.2) is 34.2 Å². The summed E-state index contributed by atoms with van der Waals surface area (Å²) >= 11 is 4.94. The van der Waals surface area contributed by atoms with Crippen LogP contribution in [0.3, 0.4) is 0 Å². The molecule has 0 aliphatic carbocycles. The van der Waals surface area contributed by atoms with Crippen LogP contribution in [0.4, 0.5) is 0 Å². The Morgan fingerprint density at radius 2 is 2.35 bits per heavy atom. The fourth-order valence-corrected chi connectivity index (χ4v) is 2.27. The van der Waals surface area contributed by atoms with Crippen molar-refractivity contribution >= 4 is 33.2 Å². The molecule has 2 rings (SSSR count). The molecule has 0 aliphatic rings. The van der Waals surface area contributed by atoms with Gasteiger partial charge in [0, 0.05) is 21.6 Å². The highest BCUT2D eigenvalue weighted by atomic mass is 79.9. The summed E-state index contributed by atoms with van der Waals surface area (Å²) in [5.74, 6) is -0.0825. The Morgan fingerprint density at radius 3 is 3.00 bits per heavy atom. The fourth-order valence-electron chi connectivity index (χ4n) is 1.33. The molecule has 1 N–H and O–H groups in total. The molecule has 0 fully saturated rings. The summed E-state index contributed by atoms with van der Waals surface area (Å²) in [4.78, 5) is 16.0. The van der Waals surface area contributed by atoms with Gasteiger partial charge >= 0.3 is 0 Å². The van der Waals surface area contributed by atoms with Crippen molar-refractivity contribution in [1.29, 1.82) is 0 Å². The molecule has 1 aromatic carbocycles. The maximum atomic E-state index is 11.8. The number of nitrogens with zero attached hydrogens (tertiary/aromatic N) is 1. The summed E-state index contributed by atoms with van der Waals surface area (Å²) in [6.07, 6.45) is 1.73. The number of aryl methyl sites for hydroxylation is 1. The number of rotatable bonds is 3. The van der Waals surface area contributed by atoms with E-state index in [0.29, 0.717) is 12.1 Å². The van der Waals surface area contributed by atoms with Crippen molar-refractivity contribution in [3.05, 3.63) is 50.4 Å². The van der Waals surface area contributed by atoms with Gasteiger partial charge in [-0.05, 0) is 24.6 Å². The molecular formula is C12H11BrN2OS. The molecule has 0 unspecified atom stereocenters. The van der Waals surface area contributed by atoms with E-state index in [9.17, 15) is 4.79 Å². The van der Waals surface area contributed by atoms with Gasteiger partial charge in [0.2, 0.25) is 0 Å². The third-order valence-corrected chi connectivity index (χ3v) is 3.95. The van der Waals surface area contributed by atoms with Crippen LogP contribution in [0.1, 0.15) is 20.9 Å². The van der Waals surface area contributed by atoms with Gasteiger partial charge in [-0.2, -0.15) is 0 Å². The summed E-state index contributed by atoms with van der Waals surface area (Å²) in [5.41, 5.74) is 1.76. The Morgan fingerprint density at radius 1 is 1.53 bits per heavy atom. The lowest BCUT2D eigenvalue weighted by molar-refractivity contribution is 0.0951. The zero-order valence-corrected chi connectivity index (χ0v) is 11.6. The quantitative estimate of drug-likeness (QED) is 0.946. The number of nitrogens with one attached hydrogen (secondary N) is 1. The summed E-state index contributed by atoms with van der Waals surface area (Å²) in [5, 5.41) is 5.64. The molecule has 0 atom stereocenters. The van der Waals surface area contributed by atoms with Gasteiger partial charge in [-0.15, -0.1) is 11.3 Å². The van der Waals surface area contributed by atoms with Crippen LogP contribution in [0, 0.1) is 6.92 Å². The number of halogens is 1. The van der Waals surface area contributed by atoms with Crippen molar-refractivity contribution in [3.8, 4) is 0 Å². The van der Waals surface area contributed by atoms with Crippen LogP contribution in [0.25, 0.3) is 0 Å². The summed E-state index contributed by atoms with van der Waals surface area (Å²) in [6.45, 7) is 2.46. The second-order valence-corrected chi connectivity index (χ2v) is 5.41. The average Bonchev–Trinajstić information content (AvgIpc) is 2.82. The molecule has 88 valence electrons. The highest BCUT2D eigenvalue weighted by molar-refractivity contribution is 9.10. The minimum Gasteiger partial charge on any atom is -0.346 e. The zero-order chi connectivity index (χ0) is 12.3. The van der Waals surface area contributed by atoms with E-state index in [1.54, 1.807) is 6.20 Å². The molecule has 2 aromatic rings. The van der Waals surface area contributed by atoms with E-state index in [2.05, 4.69) is 26.2 Å². The van der Waals surface area contributed by atoms with Crippen molar-refractivity contribution in [3.63, 3.8) is 0 Å². The SMILES string of the molecule is Cc1ccc(C(=O)NCc2nccs2)cc1Br. The molecule has 1 heterocycles. The number of amides is 1. The molecule has 1 amide bonds. The molecular weight excluding hydrogens is 300 g/mol. The van der Waals surface area contributed by atoms with Gasteiger partial charge in [0.05, 0.1) is 6.54 Å². The van der Waals surface area contributed by atoms with Gasteiger partial charge in [-0.25, -0.2) is 4.98 Å². The number of thiazole rings is 1. The summed E-state index contributed by atoms with van der Waals surface area (Å²) < 4.78 is 0.944. The molecule has 0 bridgehead atoms. The molecule has 0 aliphatic heterocycles. The Labute approximate surface area is 112 Å². The van der Waals surface area contributed by atoms with Crippen LogP contribution < -0.4 is 5.32 Å². The minimum absolute atomic E-state index is 0.0825. The lowest BCUT2D eigenvalue weighted by Crippen LogP contribution is -2.22. The largest absolute Gasteiger partial charge is 0.346 e.